The van der Waals surface area contributed by atoms with Crippen molar-refractivity contribution in [2.75, 3.05) is 26.7 Å². The van der Waals surface area contributed by atoms with Gasteiger partial charge in [-0.05, 0) is 60.6 Å². The highest BCUT2D eigenvalue weighted by atomic mass is 35.5. The van der Waals surface area contributed by atoms with Gasteiger partial charge in [-0.25, -0.2) is 9.48 Å². The summed E-state index contributed by atoms with van der Waals surface area (Å²) in [6, 6.07) is 10.5. The van der Waals surface area contributed by atoms with Crippen LogP contribution in [0.2, 0.25) is 5.02 Å². The molecule has 8 heteroatoms. The third-order valence-electron chi connectivity index (χ3n) is 6.58. The molecule has 33 heavy (non-hydrogen) atoms. The predicted octanol–water partition coefficient (Wildman–Crippen LogP) is 3.81. The van der Waals surface area contributed by atoms with E-state index in [1.807, 2.05) is 18.3 Å². The zero-order chi connectivity index (χ0) is 22.8. The summed E-state index contributed by atoms with van der Waals surface area (Å²) in [5, 5.41) is 8.68. The number of halogens is 1. The Bertz CT molecular complexity index is 1210. The van der Waals surface area contributed by atoms with Gasteiger partial charge in [-0.15, -0.1) is 5.10 Å². The average Bonchev–Trinajstić information content (AvgIpc) is 3.26. The zero-order valence-corrected chi connectivity index (χ0v) is 19.4. The van der Waals surface area contributed by atoms with Crippen LogP contribution in [0.3, 0.4) is 0 Å². The number of aryl methyl sites for hydroxylation is 2. The maximum atomic E-state index is 11.9. The number of piperidine rings is 1. The minimum atomic E-state index is -0.413. The lowest BCUT2D eigenvalue weighted by Crippen LogP contribution is -2.34. The van der Waals surface area contributed by atoms with E-state index in [4.69, 9.17) is 21.3 Å². The summed E-state index contributed by atoms with van der Waals surface area (Å²) in [6.45, 7) is 3.30. The van der Waals surface area contributed by atoms with Gasteiger partial charge in [0.25, 0.3) is 0 Å². The molecular formula is C25H26ClN5O2. The lowest BCUT2D eigenvalue weighted by atomic mass is 9.88. The van der Waals surface area contributed by atoms with Gasteiger partial charge >= 0.3 is 5.97 Å². The normalized spacial score (nSPS) is 16.2. The minimum absolute atomic E-state index is 0.383. The summed E-state index contributed by atoms with van der Waals surface area (Å²) in [5.74, 6) is -0.413. The number of aromatic nitrogens is 4. The van der Waals surface area contributed by atoms with Gasteiger partial charge in [0.1, 0.15) is 0 Å². The van der Waals surface area contributed by atoms with E-state index >= 15 is 0 Å². The topological polar surface area (TPSA) is 73.1 Å². The molecule has 0 saturated carbocycles. The van der Waals surface area contributed by atoms with Crippen LogP contribution in [0.5, 0.6) is 0 Å². The third kappa shape index (κ3) is 4.43. The van der Waals surface area contributed by atoms with Crippen molar-refractivity contribution in [2.24, 2.45) is 0 Å². The maximum Gasteiger partial charge on any atom is 0.358 e. The fraction of sp³-hybridized carbons (Fsp3) is 0.360. The van der Waals surface area contributed by atoms with Gasteiger partial charge in [-0.3, -0.25) is 4.98 Å². The van der Waals surface area contributed by atoms with Crippen LogP contribution in [0.4, 0.5) is 0 Å². The van der Waals surface area contributed by atoms with Crippen LogP contribution in [0.25, 0.3) is 5.57 Å². The molecule has 5 rings (SSSR count). The number of carbonyl (C=O) groups excluding carboxylic acids is 1. The molecule has 170 valence electrons. The highest BCUT2D eigenvalue weighted by Gasteiger charge is 2.25. The van der Waals surface area contributed by atoms with Crippen LogP contribution < -0.4 is 0 Å². The molecule has 1 aliphatic carbocycles. The van der Waals surface area contributed by atoms with Crippen LogP contribution in [0.15, 0.2) is 48.3 Å². The van der Waals surface area contributed by atoms with Crippen molar-refractivity contribution in [3.05, 3.63) is 81.4 Å². The van der Waals surface area contributed by atoms with E-state index in [-0.39, 0.29) is 0 Å². The van der Waals surface area contributed by atoms with E-state index in [0.717, 1.165) is 56.0 Å². The molecule has 1 aromatic carbocycles. The number of methoxy groups -OCH3 is 1. The second-order valence-electron chi connectivity index (χ2n) is 8.47. The number of rotatable bonds is 4. The van der Waals surface area contributed by atoms with Crippen molar-refractivity contribution in [3.63, 3.8) is 0 Å². The van der Waals surface area contributed by atoms with Crippen molar-refractivity contribution in [3.8, 4) is 0 Å². The molecule has 0 atom stereocenters. The lowest BCUT2D eigenvalue weighted by Gasteiger charge is -2.30. The molecule has 0 unspecified atom stereocenters. The van der Waals surface area contributed by atoms with Gasteiger partial charge in [-0.1, -0.05) is 34.5 Å². The van der Waals surface area contributed by atoms with Crippen molar-refractivity contribution in [1.29, 1.82) is 0 Å². The quantitative estimate of drug-likeness (QED) is 0.548. The fourth-order valence-corrected chi connectivity index (χ4v) is 5.05. The van der Waals surface area contributed by atoms with E-state index in [9.17, 15) is 4.79 Å². The highest BCUT2D eigenvalue weighted by Crippen LogP contribution is 2.38. The molecule has 1 aliphatic heterocycles. The Labute approximate surface area is 198 Å². The molecule has 7 nitrogen and oxygen atoms in total. The first-order valence-corrected chi connectivity index (χ1v) is 11.7. The fourth-order valence-electron chi connectivity index (χ4n) is 4.85. The number of nitrogens with zero attached hydrogens (tertiary/aromatic N) is 5. The number of carbonyl (C=O) groups is 1. The third-order valence-corrected chi connectivity index (χ3v) is 6.82. The molecule has 0 amide bonds. The second kappa shape index (κ2) is 9.45. The summed E-state index contributed by atoms with van der Waals surface area (Å²) in [6.07, 6.45) is 7.25. The van der Waals surface area contributed by atoms with Crippen LogP contribution in [0.1, 0.15) is 45.7 Å². The number of fused-ring (bicyclic) bond motifs is 2. The molecule has 2 aliphatic rings. The molecule has 3 aromatic rings. The van der Waals surface area contributed by atoms with Crippen LogP contribution in [-0.2, 0) is 24.1 Å². The zero-order valence-electron chi connectivity index (χ0n) is 18.6. The highest BCUT2D eigenvalue weighted by molar-refractivity contribution is 6.30. The summed E-state index contributed by atoms with van der Waals surface area (Å²) in [4.78, 5) is 19.1. The number of hydrogen-bond acceptors (Lipinski definition) is 6. The molecule has 2 aromatic heterocycles. The van der Waals surface area contributed by atoms with Gasteiger partial charge < -0.3 is 9.64 Å². The average molecular weight is 464 g/mol. The standard InChI is InChI=1S/C25H26ClN5O2/c1-33-25(32)22-16-28-29-31(22)14-13-30-11-8-17(9-12-30)23-21-7-6-20(26)15-19(21)5-4-18-3-2-10-27-24(18)23/h2-3,6-7,10,15-16H,4-5,8-9,11-14H2,1H3. The largest absolute Gasteiger partial charge is 0.464 e. The van der Waals surface area contributed by atoms with E-state index in [2.05, 4.69) is 33.4 Å². The SMILES string of the molecule is COC(=O)c1cnnn1CCN1CCC(=C2c3ccc(Cl)cc3CCc3cccnc32)CC1. The summed E-state index contributed by atoms with van der Waals surface area (Å²) < 4.78 is 6.43. The summed E-state index contributed by atoms with van der Waals surface area (Å²) in [5.41, 5.74) is 8.11. The summed E-state index contributed by atoms with van der Waals surface area (Å²) >= 11 is 6.33. The summed E-state index contributed by atoms with van der Waals surface area (Å²) in [7, 11) is 1.37. The number of pyridine rings is 1. The second-order valence-corrected chi connectivity index (χ2v) is 8.90. The first kappa shape index (κ1) is 21.8. The Kier molecular flexibility index (Phi) is 6.24. The number of likely N-dealkylation sites (tertiary alicyclic amines) is 1. The Morgan fingerprint density at radius 2 is 1.91 bits per heavy atom. The van der Waals surface area contributed by atoms with Crippen LogP contribution >= 0.6 is 11.6 Å². The van der Waals surface area contributed by atoms with Crippen LogP contribution in [-0.4, -0.2) is 57.6 Å². The van der Waals surface area contributed by atoms with Gasteiger partial charge in [0.05, 0.1) is 25.5 Å². The molecule has 0 N–H and O–H groups in total. The van der Waals surface area contributed by atoms with Crippen molar-refractivity contribution in [2.45, 2.75) is 32.2 Å². The van der Waals surface area contributed by atoms with Crippen molar-refractivity contribution < 1.29 is 9.53 Å². The molecule has 0 radical (unpaired) electrons. The van der Waals surface area contributed by atoms with E-state index in [0.29, 0.717) is 12.2 Å². The van der Waals surface area contributed by atoms with Gasteiger partial charge in [0.2, 0.25) is 0 Å². The monoisotopic (exact) mass is 463 g/mol. The minimum Gasteiger partial charge on any atom is -0.464 e. The van der Waals surface area contributed by atoms with E-state index in [1.165, 1.54) is 41.1 Å². The Morgan fingerprint density at radius 1 is 1.09 bits per heavy atom. The number of benzene rings is 1. The first-order valence-electron chi connectivity index (χ1n) is 11.3. The van der Waals surface area contributed by atoms with E-state index < -0.39 is 5.97 Å². The predicted molar refractivity (Wildman–Crippen MR) is 126 cm³/mol. The Morgan fingerprint density at radius 3 is 2.73 bits per heavy atom. The smallest absolute Gasteiger partial charge is 0.358 e. The lowest BCUT2D eigenvalue weighted by molar-refractivity contribution is 0.0585. The molecular weight excluding hydrogens is 438 g/mol. The Balaban J connectivity index is 1.37. The van der Waals surface area contributed by atoms with Crippen LogP contribution in [0, 0.1) is 0 Å². The molecule has 0 bridgehead atoms. The molecule has 1 saturated heterocycles. The van der Waals surface area contributed by atoms with Crippen molar-refractivity contribution in [1.82, 2.24) is 24.9 Å². The molecule has 1 fully saturated rings. The van der Waals surface area contributed by atoms with Gasteiger partial charge in [0.15, 0.2) is 5.69 Å². The maximum absolute atomic E-state index is 11.9. The van der Waals surface area contributed by atoms with E-state index in [1.54, 1.807) is 4.68 Å². The molecule has 0 spiro atoms. The molecule has 3 heterocycles. The Hall–Kier alpha value is -3.03. The van der Waals surface area contributed by atoms with Crippen molar-refractivity contribution >= 4 is 23.1 Å². The first-order chi connectivity index (χ1) is 16.1. The number of hydrogen-bond donors (Lipinski definition) is 0. The number of ether oxygens (including phenoxy) is 1. The van der Waals surface area contributed by atoms with Gasteiger partial charge in [0, 0.05) is 36.4 Å². The van der Waals surface area contributed by atoms with Gasteiger partial charge in [-0.2, -0.15) is 0 Å². The number of esters is 1.